The second-order valence-electron chi connectivity index (χ2n) is 4.26. The van der Waals surface area contributed by atoms with Crippen LogP contribution in [0.4, 0.5) is 10.3 Å². The van der Waals surface area contributed by atoms with Crippen LogP contribution in [-0.2, 0) is 13.0 Å². The van der Waals surface area contributed by atoms with Gasteiger partial charge in [0.15, 0.2) is 0 Å². The van der Waals surface area contributed by atoms with Gasteiger partial charge in [-0.1, -0.05) is 18.2 Å². The van der Waals surface area contributed by atoms with Gasteiger partial charge in [-0.2, -0.15) is 0 Å². The van der Waals surface area contributed by atoms with E-state index >= 15 is 0 Å². The topological polar surface area (TPSA) is 29.9 Å². The first-order valence-corrected chi connectivity index (χ1v) is 6.21. The van der Waals surface area contributed by atoms with Gasteiger partial charge in [-0.3, -0.25) is 0 Å². The number of aromatic nitrogens is 2. The molecule has 0 bridgehead atoms. The summed E-state index contributed by atoms with van der Waals surface area (Å²) >= 11 is 0. The fourth-order valence-electron chi connectivity index (χ4n) is 1.94. The second kappa shape index (κ2) is 5.67. The van der Waals surface area contributed by atoms with Crippen LogP contribution in [0.1, 0.15) is 18.2 Å². The standard InChI is InChI=1S/C14H18FN3/c1-3-18-10-11(2)17-14(18)16-9-8-12-6-4-5-7-13(12)15/h4-7,10H,3,8-9H2,1-2H3,(H,16,17). The predicted molar refractivity (Wildman–Crippen MR) is 71.2 cm³/mol. The number of aryl methyl sites for hydroxylation is 2. The van der Waals surface area contributed by atoms with Crippen LogP contribution in [0.3, 0.4) is 0 Å². The summed E-state index contributed by atoms with van der Waals surface area (Å²) in [5.74, 6) is 0.709. The van der Waals surface area contributed by atoms with Gasteiger partial charge in [-0.15, -0.1) is 0 Å². The molecule has 0 spiro atoms. The zero-order valence-electron chi connectivity index (χ0n) is 10.8. The van der Waals surface area contributed by atoms with E-state index in [-0.39, 0.29) is 5.82 Å². The Morgan fingerprint density at radius 3 is 2.83 bits per heavy atom. The number of halogens is 1. The normalized spacial score (nSPS) is 10.6. The van der Waals surface area contributed by atoms with Gasteiger partial charge in [0.2, 0.25) is 5.95 Å². The van der Waals surface area contributed by atoms with Crippen molar-refractivity contribution in [2.75, 3.05) is 11.9 Å². The maximum absolute atomic E-state index is 13.4. The summed E-state index contributed by atoms with van der Waals surface area (Å²) < 4.78 is 15.5. The van der Waals surface area contributed by atoms with E-state index < -0.39 is 0 Å². The first-order valence-electron chi connectivity index (χ1n) is 6.21. The summed E-state index contributed by atoms with van der Waals surface area (Å²) in [6.45, 7) is 5.59. The lowest BCUT2D eigenvalue weighted by Crippen LogP contribution is -2.10. The smallest absolute Gasteiger partial charge is 0.203 e. The van der Waals surface area contributed by atoms with Crippen LogP contribution < -0.4 is 5.32 Å². The molecule has 0 saturated heterocycles. The highest BCUT2D eigenvalue weighted by molar-refractivity contribution is 5.29. The molecule has 1 N–H and O–H groups in total. The van der Waals surface area contributed by atoms with Crippen molar-refractivity contribution >= 4 is 5.95 Å². The minimum atomic E-state index is -0.144. The van der Waals surface area contributed by atoms with E-state index in [1.54, 1.807) is 6.07 Å². The zero-order chi connectivity index (χ0) is 13.0. The van der Waals surface area contributed by atoms with Gasteiger partial charge in [0.1, 0.15) is 5.82 Å². The Labute approximate surface area is 107 Å². The Balaban J connectivity index is 1.94. The Hall–Kier alpha value is -1.84. The van der Waals surface area contributed by atoms with Gasteiger partial charge in [-0.05, 0) is 31.9 Å². The average Bonchev–Trinajstić information content (AvgIpc) is 2.72. The molecule has 0 saturated carbocycles. The van der Waals surface area contributed by atoms with Gasteiger partial charge >= 0.3 is 0 Å². The second-order valence-corrected chi connectivity index (χ2v) is 4.26. The lowest BCUT2D eigenvalue weighted by atomic mass is 10.1. The fourth-order valence-corrected chi connectivity index (χ4v) is 1.94. The SMILES string of the molecule is CCn1cc(C)nc1NCCc1ccccc1F. The first kappa shape index (κ1) is 12.6. The first-order chi connectivity index (χ1) is 8.70. The van der Waals surface area contributed by atoms with Crippen molar-refractivity contribution in [1.29, 1.82) is 0 Å². The molecule has 0 radical (unpaired) electrons. The molecule has 96 valence electrons. The van der Waals surface area contributed by atoms with Crippen molar-refractivity contribution in [3.63, 3.8) is 0 Å². The molecule has 0 aliphatic rings. The molecule has 0 aliphatic carbocycles. The monoisotopic (exact) mass is 247 g/mol. The highest BCUT2D eigenvalue weighted by atomic mass is 19.1. The molecule has 4 heteroatoms. The number of rotatable bonds is 5. The largest absolute Gasteiger partial charge is 0.355 e. The summed E-state index contributed by atoms with van der Waals surface area (Å²) in [7, 11) is 0. The number of imidazole rings is 1. The Bertz CT molecular complexity index is 520. The van der Waals surface area contributed by atoms with Crippen molar-refractivity contribution in [2.45, 2.75) is 26.8 Å². The minimum Gasteiger partial charge on any atom is -0.355 e. The number of hydrogen-bond donors (Lipinski definition) is 1. The summed E-state index contributed by atoms with van der Waals surface area (Å²) in [6, 6.07) is 6.87. The maximum atomic E-state index is 13.4. The van der Waals surface area contributed by atoms with Crippen LogP contribution in [0, 0.1) is 12.7 Å². The van der Waals surface area contributed by atoms with Crippen LogP contribution in [0.25, 0.3) is 0 Å². The number of anilines is 1. The summed E-state index contributed by atoms with van der Waals surface area (Å²) in [6.07, 6.45) is 2.66. The highest BCUT2D eigenvalue weighted by Gasteiger charge is 2.04. The van der Waals surface area contributed by atoms with Crippen molar-refractivity contribution in [3.8, 4) is 0 Å². The van der Waals surface area contributed by atoms with Crippen LogP contribution >= 0.6 is 0 Å². The van der Waals surface area contributed by atoms with Crippen molar-refractivity contribution in [3.05, 3.63) is 47.5 Å². The third-order valence-corrected chi connectivity index (χ3v) is 2.87. The van der Waals surface area contributed by atoms with Crippen molar-refractivity contribution < 1.29 is 4.39 Å². The molecule has 18 heavy (non-hydrogen) atoms. The van der Waals surface area contributed by atoms with Crippen LogP contribution in [0.2, 0.25) is 0 Å². The average molecular weight is 247 g/mol. The number of benzene rings is 1. The number of nitrogens with one attached hydrogen (secondary N) is 1. The molecule has 0 amide bonds. The van der Waals surface area contributed by atoms with E-state index in [0.717, 1.165) is 23.8 Å². The molecule has 1 aromatic carbocycles. The molecule has 1 aromatic heterocycles. The molecule has 0 aliphatic heterocycles. The Kier molecular flexibility index (Phi) is 3.97. The van der Waals surface area contributed by atoms with Crippen LogP contribution in [-0.4, -0.2) is 16.1 Å². The summed E-state index contributed by atoms with van der Waals surface area (Å²) in [5, 5.41) is 3.25. The minimum absolute atomic E-state index is 0.144. The van der Waals surface area contributed by atoms with Crippen LogP contribution in [0.15, 0.2) is 30.5 Å². The van der Waals surface area contributed by atoms with Gasteiger partial charge in [0, 0.05) is 19.3 Å². The van der Waals surface area contributed by atoms with Gasteiger partial charge in [0.25, 0.3) is 0 Å². The maximum Gasteiger partial charge on any atom is 0.203 e. The third-order valence-electron chi connectivity index (χ3n) is 2.87. The lowest BCUT2D eigenvalue weighted by Gasteiger charge is -2.08. The molecule has 3 nitrogen and oxygen atoms in total. The molecule has 1 heterocycles. The number of hydrogen-bond acceptors (Lipinski definition) is 2. The molecular formula is C14H18FN3. The fraction of sp³-hybridized carbons (Fsp3) is 0.357. The summed E-state index contributed by atoms with van der Waals surface area (Å²) in [5.41, 5.74) is 1.72. The Morgan fingerprint density at radius 2 is 2.11 bits per heavy atom. The lowest BCUT2D eigenvalue weighted by molar-refractivity contribution is 0.610. The molecule has 0 atom stereocenters. The van der Waals surface area contributed by atoms with E-state index in [9.17, 15) is 4.39 Å². The summed E-state index contributed by atoms with van der Waals surface area (Å²) in [4.78, 5) is 4.39. The quantitative estimate of drug-likeness (QED) is 0.880. The van der Waals surface area contributed by atoms with E-state index in [1.807, 2.05) is 25.3 Å². The highest BCUT2D eigenvalue weighted by Crippen LogP contribution is 2.10. The van der Waals surface area contributed by atoms with Crippen molar-refractivity contribution in [1.82, 2.24) is 9.55 Å². The molecule has 2 rings (SSSR count). The zero-order valence-corrected chi connectivity index (χ0v) is 10.8. The third kappa shape index (κ3) is 2.88. The molecular weight excluding hydrogens is 229 g/mol. The predicted octanol–water partition coefficient (Wildman–Crippen LogP) is 3.01. The molecule has 2 aromatic rings. The van der Waals surface area contributed by atoms with Gasteiger partial charge in [0.05, 0.1) is 5.69 Å². The van der Waals surface area contributed by atoms with E-state index in [1.165, 1.54) is 6.07 Å². The number of nitrogens with zero attached hydrogens (tertiary/aromatic N) is 2. The van der Waals surface area contributed by atoms with Crippen LogP contribution in [0.5, 0.6) is 0 Å². The van der Waals surface area contributed by atoms with E-state index in [0.29, 0.717) is 13.0 Å². The Morgan fingerprint density at radius 1 is 1.33 bits per heavy atom. The van der Waals surface area contributed by atoms with Gasteiger partial charge < -0.3 is 9.88 Å². The van der Waals surface area contributed by atoms with E-state index in [2.05, 4.69) is 21.8 Å². The molecule has 0 unspecified atom stereocenters. The van der Waals surface area contributed by atoms with E-state index in [4.69, 9.17) is 0 Å². The molecule has 0 fully saturated rings. The van der Waals surface area contributed by atoms with Gasteiger partial charge in [-0.25, -0.2) is 9.37 Å². The van der Waals surface area contributed by atoms with Crippen molar-refractivity contribution in [2.24, 2.45) is 0 Å².